The van der Waals surface area contributed by atoms with E-state index >= 15 is 0 Å². The first-order valence-corrected chi connectivity index (χ1v) is 10.3. The number of aliphatic carboxylic acids is 2. The molecule has 2 atom stereocenters. The second-order valence-electron chi connectivity index (χ2n) is 7.48. The number of carboxylic acid groups (broad SMARTS) is 2. The van der Waals surface area contributed by atoms with Crippen LogP contribution in [0.1, 0.15) is 38.2 Å². The second-order valence-corrected chi connectivity index (χ2v) is 8.39. The van der Waals surface area contributed by atoms with E-state index < -0.39 is 11.9 Å². The molecule has 0 amide bonds. The summed E-state index contributed by atoms with van der Waals surface area (Å²) in [5.41, 5.74) is 1.42. The Morgan fingerprint density at radius 2 is 1.78 bits per heavy atom. The molecule has 2 fully saturated rings. The van der Waals surface area contributed by atoms with Crippen molar-refractivity contribution in [3.63, 3.8) is 0 Å². The number of halogens is 1. The first-order valence-electron chi connectivity index (χ1n) is 9.52. The van der Waals surface area contributed by atoms with Gasteiger partial charge in [-0.1, -0.05) is 47.8 Å². The van der Waals surface area contributed by atoms with Gasteiger partial charge in [-0.25, -0.2) is 9.59 Å². The number of benzene rings is 1. The van der Waals surface area contributed by atoms with Crippen LogP contribution in [0.4, 0.5) is 0 Å². The summed E-state index contributed by atoms with van der Waals surface area (Å²) in [4.78, 5) is 23.6. The summed E-state index contributed by atoms with van der Waals surface area (Å²) in [5.74, 6) is -2.71. The maximum absolute atomic E-state index is 9.10. The van der Waals surface area contributed by atoms with E-state index in [4.69, 9.17) is 19.8 Å². The third kappa shape index (κ3) is 7.60. The van der Waals surface area contributed by atoms with Gasteiger partial charge in [-0.05, 0) is 36.5 Å². The van der Waals surface area contributed by atoms with Crippen molar-refractivity contribution in [2.24, 2.45) is 5.92 Å². The van der Waals surface area contributed by atoms with Crippen LogP contribution in [0.15, 0.2) is 28.7 Å². The van der Waals surface area contributed by atoms with Crippen LogP contribution in [-0.4, -0.2) is 64.2 Å². The maximum Gasteiger partial charge on any atom is 0.414 e. The zero-order chi connectivity index (χ0) is 19.8. The minimum atomic E-state index is -1.82. The van der Waals surface area contributed by atoms with Gasteiger partial charge in [0, 0.05) is 43.2 Å². The van der Waals surface area contributed by atoms with Crippen LogP contribution >= 0.6 is 15.9 Å². The summed E-state index contributed by atoms with van der Waals surface area (Å²) < 4.78 is 1.19. The Bertz CT molecular complexity index is 620. The number of piperazine rings is 1. The lowest BCUT2D eigenvalue weighted by Gasteiger charge is -2.42. The van der Waals surface area contributed by atoms with Crippen molar-refractivity contribution >= 4 is 27.9 Å². The molecule has 1 aromatic carbocycles. The Morgan fingerprint density at radius 3 is 2.33 bits per heavy atom. The van der Waals surface area contributed by atoms with Gasteiger partial charge in [0.2, 0.25) is 0 Å². The van der Waals surface area contributed by atoms with Gasteiger partial charge >= 0.3 is 11.9 Å². The third-order valence-corrected chi connectivity index (χ3v) is 5.80. The van der Waals surface area contributed by atoms with Crippen LogP contribution in [0.3, 0.4) is 0 Å². The lowest BCUT2D eigenvalue weighted by atomic mass is 9.86. The fraction of sp³-hybridized carbons (Fsp3) is 0.600. The second kappa shape index (κ2) is 10.8. The quantitative estimate of drug-likeness (QED) is 0.701. The van der Waals surface area contributed by atoms with Crippen molar-refractivity contribution in [1.29, 1.82) is 0 Å². The lowest BCUT2D eigenvalue weighted by Crippen LogP contribution is -2.50. The van der Waals surface area contributed by atoms with Gasteiger partial charge in [0.1, 0.15) is 0 Å². The summed E-state index contributed by atoms with van der Waals surface area (Å²) in [7, 11) is 0. The molecule has 2 N–H and O–H groups in total. The molecule has 1 aliphatic carbocycles. The normalized spacial score (nSPS) is 23.9. The van der Waals surface area contributed by atoms with Crippen molar-refractivity contribution < 1.29 is 19.8 Å². The van der Waals surface area contributed by atoms with E-state index in [1.807, 2.05) is 0 Å². The van der Waals surface area contributed by atoms with Gasteiger partial charge in [-0.2, -0.15) is 0 Å². The Labute approximate surface area is 169 Å². The molecule has 7 heteroatoms. The molecule has 1 aromatic rings. The van der Waals surface area contributed by atoms with E-state index in [-0.39, 0.29) is 0 Å². The molecule has 150 valence electrons. The molecule has 27 heavy (non-hydrogen) atoms. The van der Waals surface area contributed by atoms with Gasteiger partial charge < -0.3 is 10.2 Å². The Morgan fingerprint density at radius 1 is 1.11 bits per heavy atom. The first kappa shape index (κ1) is 21.9. The summed E-state index contributed by atoms with van der Waals surface area (Å²) in [6.45, 7) is 8.47. The van der Waals surface area contributed by atoms with Gasteiger partial charge in [0.25, 0.3) is 0 Å². The highest BCUT2D eigenvalue weighted by Gasteiger charge is 2.27. The standard InChI is InChI=1S/C18H27BrN2.C2H2O4/c1-15-4-2-7-18(12-15)21-10-8-20(9-11-21)14-16-5-3-6-17(19)13-16;3-1(4)2(5)6/h3,5-6,13,15,18H,2,4,7-12,14H2,1H3;(H,3,4)(H,5,6). The molecule has 1 saturated heterocycles. The molecule has 2 aliphatic rings. The lowest BCUT2D eigenvalue weighted by molar-refractivity contribution is -0.159. The summed E-state index contributed by atoms with van der Waals surface area (Å²) in [6, 6.07) is 9.58. The summed E-state index contributed by atoms with van der Waals surface area (Å²) in [6.07, 6.45) is 5.73. The minimum Gasteiger partial charge on any atom is -0.473 e. The monoisotopic (exact) mass is 440 g/mol. The van der Waals surface area contributed by atoms with E-state index in [2.05, 4.69) is 56.9 Å². The van der Waals surface area contributed by atoms with E-state index in [1.165, 1.54) is 61.9 Å². The largest absolute Gasteiger partial charge is 0.473 e. The number of hydrogen-bond acceptors (Lipinski definition) is 4. The number of carboxylic acids is 2. The Kier molecular flexibility index (Phi) is 8.73. The average molecular weight is 441 g/mol. The Balaban J connectivity index is 0.000000380. The molecule has 0 aromatic heterocycles. The van der Waals surface area contributed by atoms with Crippen molar-refractivity contribution in [3.8, 4) is 0 Å². The van der Waals surface area contributed by atoms with Crippen LogP contribution in [-0.2, 0) is 16.1 Å². The summed E-state index contributed by atoms with van der Waals surface area (Å²) in [5, 5.41) is 14.8. The highest BCUT2D eigenvalue weighted by molar-refractivity contribution is 9.10. The van der Waals surface area contributed by atoms with Crippen LogP contribution in [0, 0.1) is 5.92 Å². The third-order valence-electron chi connectivity index (χ3n) is 5.31. The fourth-order valence-corrected chi connectivity index (χ4v) is 4.36. The number of rotatable bonds is 3. The van der Waals surface area contributed by atoms with E-state index in [0.717, 1.165) is 18.5 Å². The molecule has 0 bridgehead atoms. The predicted molar refractivity (Wildman–Crippen MR) is 108 cm³/mol. The smallest absolute Gasteiger partial charge is 0.414 e. The average Bonchev–Trinajstić information content (AvgIpc) is 2.63. The summed E-state index contributed by atoms with van der Waals surface area (Å²) >= 11 is 3.57. The van der Waals surface area contributed by atoms with Gasteiger partial charge in [-0.3, -0.25) is 9.80 Å². The highest BCUT2D eigenvalue weighted by atomic mass is 79.9. The SMILES string of the molecule is CC1CCCC(N2CCN(Cc3cccc(Br)c3)CC2)C1.O=C(O)C(=O)O. The molecule has 6 nitrogen and oxygen atoms in total. The number of nitrogens with zero attached hydrogens (tertiary/aromatic N) is 2. The molecule has 0 radical (unpaired) electrons. The molecule has 1 heterocycles. The molecule has 1 saturated carbocycles. The Hall–Kier alpha value is -1.44. The minimum absolute atomic E-state index is 0.863. The predicted octanol–water partition coefficient (Wildman–Crippen LogP) is 3.30. The first-order chi connectivity index (χ1) is 12.8. The van der Waals surface area contributed by atoms with Crippen LogP contribution in [0.5, 0.6) is 0 Å². The zero-order valence-corrected chi connectivity index (χ0v) is 17.4. The van der Waals surface area contributed by atoms with Crippen molar-refractivity contribution in [2.75, 3.05) is 26.2 Å². The fourth-order valence-electron chi connectivity index (χ4n) is 3.91. The van der Waals surface area contributed by atoms with Crippen LogP contribution in [0.25, 0.3) is 0 Å². The number of carbonyl (C=O) groups is 2. The van der Waals surface area contributed by atoms with Crippen molar-refractivity contribution in [1.82, 2.24) is 9.80 Å². The molecular weight excluding hydrogens is 412 g/mol. The van der Waals surface area contributed by atoms with Gasteiger partial charge in [0.05, 0.1) is 0 Å². The van der Waals surface area contributed by atoms with Crippen LogP contribution in [0.2, 0.25) is 0 Å². The van der Waals surface area contributed by atoms with Gasteiger partial charge in [0.15, 0.2) is 0 Å². The van der Waals surface area contributed by atoms with Crippen molar-refractivity contribution in [2.45, 2.75) is 45.2 Å². The van der Waals surface area contributed by atoms with Crippen molar-refractivity contribution in [3.05, 3.63) is 34.3 Å². The highest BCUT2D eigenvalue weighted by Crippen LogP contribution is 2.28. The van der Waals surface area contributed by atoms with E-state index in [0.29, 0.717) is 0 Å². The molecule has 3 rings (SSSR count). The van der Waals surface area contributed by atoms with Crippen LogP contribution < -0.4 is 0 Å². The van der Waals surface area contributed by atoms with E-state index in [9.17, 15) is 0 Å². The molecule has 0 spiro atoms. The molecular formula is C20H29BrN2O4. The topological polar surface area (TPSA) is 81.1 Å². The van der Waals surface area contributed by atoms with E-state index in [1.54, 1.807) is 0 Å². The van der Waals surface area contributed by atoms with Gasteiger partial charge in [-0.15, -0.1) is 0 Å². The molecule has 1 aliphatic heterocycles. The maximum atomic E-state index is 9.10. The molecule has 2 unspecified atom stereocenters. The zero-order valence-electron chi connectivity index (χ0n) is 15.8. The number of hydrogen-bond donors (Lipinski definition) is 2.